The van der Waals surface area contributed by atoms with Gasteiger partial charge in [0.2, 0.25) is 0 Å². The molecule has 0 atom stereocenters. The molecule has 0 aliphatic heterocycles. The molecule has 0 saturated carbocycles. The Morgan fingerprint density at radius 2 is 1.78 bits per heavy atom. The number of ketones is 1. The van der Waals surface area contributed by atoms with E-state index in [0.29, 0.717) is 6.20 Å². The van der Waals surface area contributed by atoms with Gasteiger partial charge in [-0.25, -0.2) is 8.78 Å². The molecule has 1 rings (SSSR count). The first-order valence-corrected chi connectivity index (χ1v) is 7.07. The lowest BCUT2D eigenvalue weighted by Crippen LogP contribution is -2.34. The number of benzene rings is 1. The van der Waals surface area contributed by atoms with Crippen LogP contribution in [-0.4, -0.2) is 30.4 Å². The lowest BCUT2D eigenvalue weighted by Gasteiger charge is -2.10. The summed E-state index contributed by atoms with van der Waals surface area (Å²) in [5, 5.41) is 9.34. The molecule has 23 heavy (non-hydrogen) atoms. The van der Waals surface area contributed by atoms with Crippen LogP contribution in [0.3, 0.4) is 0 Å². The van der Waals surface area contributed by atoms with E-state index in [1.165, 1.54) is 12.1 Å². The van der Waals surface area contributed by atoms with E-state index in [9.17, 15) is 18.4 Å². The van der Waals surface area contributed by atoms with Gasteiger partial charge in [0, 0.05) is 11.2 Å². The highest BCUT2D eigenvalue weighted by Crippen LogP contribution is 2.29. The van der Waals surface area contributed by atoms with Crippen LogP contribution in [0.15, 0.2) is 23.9 Å². The molecule has 0 unspecified atom stereocenters. The van der Waals surface area contributed by atoms with Crippen molar-refractivity contribution in [2.45, 2.75) is 6.43 Å². The zero-order valence-corrected chi connectivity index (χ0v) is 13.6. The molecule has 5 nitrogen and oxygen atoms in total. The van der Waals surface area contributed by atoms with Crippen molar-refractivity contribution in [2.75, 3.05) is 6.54 Å². The second kappa shape index (κ2) is 8.24. The zero-order chi connectivity index (χ0) is 17.7. The Bertz CT molecular complexity index is 670. The zero-order valence-electron chi connectivity index (χ0n) is 11.3. The second-order valence-electron chi connectivity index (χ2n) is 4.15. The number of hydrogen-bond donors (Lipinski definition) is 3. The van der Waals surface area contributed by atoms with E-state index in [1.54, 1.807) is 0 Å². The molecule has 0 radical (unpaired) electrons. The molecule has 1 aromatic carbocycles. The Morgan fingerprint density at radius 3 is 2.22 bits per heavy atom. The van der Waals surface area contributed by atoms with Crippen LogP contribution in [0.1, 0.15) is 10.4 Å². The van der Waals surface area contributed by atoms with Gasteiger partial charge >= 0.3 is 0 Å². The SMILES string of the molecule is N=C(C(=CN)C(=O)NCC(=O)c1c(Cl)cc(Cl)cc1Cl)C(F)F. The fourth-order valence-corrected chi connectivity index (χ4v) is 2.59. The minimum absolute atomic E-state index is 0.0170. The first-order valence-electron chi connectivity index (χ1n) is 5.93. The molecule has 0 aromatic heterocycles. The second-order valence-corrected chi connectivity index (χ2v) is 5.40. The largest absolute Gasteiger partial charge is 0.404 e. The number of rotatable bonds is 6. The fourth-order valence-electron chi connectivity index (χ4n) is 1.56. The van der Waals surface area contributed by atoms with Gasteiger partial charge in [0.25, 0.3) is 12.3 Å². The number of alkyl halides is 2. The van der Waals surface area contributed by atoms with Gasteiger partial charge in [-0.3, -0.25) is 15.0 Å². The topological polar surface area (TPSA) is 96.0 Å². The average Bonchev–Trinajstić information content (AvgIpc) is 2.44. The van der Waals surface area contributed by atoms with E-state index in [-0.39, 0.29) is 20.6 Å². The van der Waals surface area contributed by atoms with Crippen LogP contribution in [0.4, 0.5) is 8.78 Å². The Balaban J connectivity index is 2.85. The van der Waals surface area contributed by atoms with Gasteiger partial charge in [0.1, 0.15) is 5.71 Å². The Morgan fingerprint density at radius 1 is 1.26 bits per heavy atom. The van der Waals surface area contributed by atoms with Crippen LogP contribution >= 0.6 is 34.8 Å². The van der Waals surface area contributed by atoms with E-state index in [4.69, 9.17) is 45.9 Å². The summed E-state index contributed by atoms with van der Waals surface area (Å²) in [5.41, 5.74) is 3.00. The molecule has 0 aliphatic carbocycles. The number of Topliss-reactive ketones (excluding diaryl/α,β-unsaturated/α-hetero) is 1. The maximum atomic E-state index is 12.4. The molecular formula is C13H10Cl3F2N3O2. The number of halogens is 5. The number of nitrogens with one attached hydrogen (secondary N) is 2. The summed E-state index contributed by atoms with van der Waals surface area (Å²) < 4.78 is 24.8. The molecule has 0 spiro atoms. The Labute approximate surface area is 144 Å². The molecular weight excluding hydrogens is 375 g/mol. The molecule has 1 aromatic rings. The van der Waals surface area contributed by atoms with Crippen molar-refractivity contribution < 1.29 is 18.4 Å². The monoisotopic (exact) mass is 383 g/mol. The molecule has 0 saturated heterocycles. The predicted octanol–water partition coefficient (Wildman–Crippen LogP) is 3.07. The molecule has 4 N–H and O–H groups in total. The van der Waals surface area contributed by atoms with E-state index < -0.39 is 35.9 Å². The number of carbonyl (C=O) groups excluding carboxylic acids is 2. The molecule has 0 bridgehead atoms. The summed E-state index contributed by atoms with van der Waals surface area (Å²) in [6, 6.07) is 2.59. The highest BCUT2D eigenvalue weighted by Gasteiger charge is 2.23. The number of amides is 1. The summed E-state index contributed by atoms with van der Waals surface area (Å²) in [6.45, 7) is -0.576. The lowest BCUT2D eigenvalue weighted by atomic mass is 10.1. The summed E-state index contributed by atoms with van der Waals surface area (Å²) in [4.78, 5) is 23.7. The quantitative estimate of drug-likeness (QED) is 0.399. The highest BCUT2D eigenvalue weighted by molar-refractivity contribution is 6.42. The molecule has 0 aliphatic rings. The minimum Gasteiger partial charge on any atom is -0.404 e. The molecule has 1 amide bonds. The number of hydrogen-bond acceptors (Lipinski definition) is 4. The Kier molecular flexibility index (Phi) is 6.93. The smallest absolute Gasteiger partial charge is 0.280 e. The van der Waals surface area contributed by atoms with Crippen molar-refractivity contribution in [2.24, 2.45) is 5.73 Å². The van der Waals surface area contributed by atoms with Crippen LogP contribution in [0.5, 0.6) is 0 Å². The average molecular weight is 385 g/mol. The van der Waals surface area contributed by atoms with Crippen LogP contribution < -0.4 is 11.1 Å². The molecule has 10 heteroatoms. The first kappa shape index (κ1) is 19.3. The summed E-state index contributed by atoms with van der Waals surface area (Å²) in [5.74, 6) is -1.75. The lowest BCUT2D eigenvalue weighted by molar-refractivity contribution is -0.116. The van der Waals surface area contributed by atoms with Crippen molar-refractivity contribution in [1.29, 1.82) is 5.41 Å². The number of nitrogens with two attached hydrogens (primary N) is 1. The maximum absolute atomic E-state index is 12.4. The van der Waals surface area contributed by atoms with Crippen molar-refractivity contribution in [3.63, 3.8) is 0 Å². The molecule has 0 fully saturated rings. The van der Waals surface area contributed by atoms with E-state index in [2.05, 4.69) is 5.32 Å². The van der Waals surface area contributed by atoms with Gasteiger partial charge in [-0.2, -0.15) is 0 Å². The van der Waals surface area contributed by atoms with Gasteiger partial charge < -0.3 is 11.1 Å². The van der Waals surface area contributed by atoms with Crippen molar-refractivity contribution >= 4 is 52.2 Å². The van der Waals surface area contributed by atoms with Crippen LogP contribution in [0.2, 0.25) is 15.1 Å². The normalized spacial score (nSPS) is 11.5. The fraction of sp³-hybridized carbons (Fsp3) is 0.154. The third-order valence-electron chi connectivity index (χ3n) is 2.61. The summed E-state index contributed by atoms with van der Waals surface area (Å²) in [6.07, 6.45) is -2.61. The van der Waals surface area contributed by atoms with Crippen molar-refractivity contribution in [3.8, 4) is 0 Å². The standard InChI is InChI=1S/C13H10Cl3F2N3O2/c14-5-1-7(15)10(8(16)2-5)9(22)4-21-13(23)6(3-19)11(20)12(17)18/h1-3,12,20H,4,19H2,(H,21,23). The third kappa shape index (κ3) is 4.89. The van der Waals surface area contributed by atoms with E-state index in [0.717, 1.165) is 0 Å². The first-order chi connectivity index (χ1) is 10.7. The van der Waals surface area contributed by atoms with Crippen LogP contribution in [0.25, 0.3) is 0 Å². The van der Waals surface area contributed by atoms with Crippen LogP contribution in [-0.2, 0) is 4.79 Å². The van der Waals surface area contributed by atoms with Crippen LogP contribution in [0, 0.1) is 5.41 Å². The molecule has 0 heterocycles. The van der Waals surface area contributed by atoms with Gasteiger partial charge in [-0.1, -0.05) is 34.8 Å². The minimum atomic E-state index is -3.17. The predicted molar refractivity (Wildman–Crippen MR) is 84.8 cm³/mol. The molecule has 124 valence electrons. The number of carbonyl (C=O) groups is 2. The third-order valence-corrected chi connectivity index (χ3v) is 3.43. The van der Waals surface area contributed by atoms with Gasteiger partial charge in [0.15, 0.2) is 5.78 Å². The van der Waals surface area contributed by atoms with Crippen molar-refractivity contribution in [3.05, 3.63) is 44.5 Å². The van der Waals surface area contributed by atoms with Gasteiger partial charge in [-0.05, 0) is 12.1 Å². The van der Waals surface area contributed by atoms with Gasteiger partial charge in [0.05, 0.1) is 27.7 Å². The van der Waals surface area contributed by atoms with E-state index in [1.807, 2.05) is 0 Å². The highest BCUT2D eigenvalue weighted by atomic mass is 35.5. The summed E-state index contributed by atoms with van der Waals surface area (Å²) >= 11 is 17.4. The summed E-state index contributed by atoms with van der Waals surface area (Å²) in [7, 11) is 0. The van der Waals surface area contributed by atoms with E-state index >= 15 is 0 Å². The van der Waals surface area contributed by atoms with Gasteiger partial charge in [-0.15, -0.1) is 0 Å². The maximum Gasteiger partial charge on any atom is 0.280 e. The Hall–Kier alpha value is -1.70. The van der Waals surface area contributed by atoms with Crippen molar-refractivity contribution in [1.82, 2.24) is 5.32 Å².